The lowest BCUT2D eigenvalue weighted by Crippen LogP contribution is -2.54. The molecular weight excluding hydrogens is 548 g/mol. The lowest BCUT2D eigenvalue weighted by atomic mass is 9.89. The second kappa shape index (κ2) is 10.7. The fourth-order valence-corrected chi connectivity index (χ4v) is 4.79. The van der Waals surface area contributed by atoms with Crippen LogP contribution in [0.2, 0.25) is 5.02 Å². The summed E-state index contributed by atoms with van der Waals surface area (Å²) in [5.74, 6) is -0.783. The van der Waals surface area contributed by atoms with Gasteiger partial charge in [0.1, 0.15) is 11.9 Å². The fraction of sp³-hybridized carbons (Fsp3) is 0.321. The van der Waals surface area contributed by atoms with Crippen molar-refractivity contribution in [2.24, 2.45) is 0 Å². The number of anilines is 1. The number of amides is 1. The highest BCUT2D eigenvalue weighted by Crippen LogP contribution is 2.51. The quantitative estimate of drug-likeness (QED) is 0.330. The Morgan fingerprint density at radius 3 is 2.21 bits per heavy atom. The standard InChI is InChI=1S/C28H24ClF6NO3/c1-17(18-7-3-2-4-8-18)25(37)36-16-21(39-24-10-6-5-9-22(24)29)13-11-19-15-20(12-14-23(19)36)26(38,27(30,31)32)28(33,34)35/h2-10,12,14-15,17,21,38H,11,13,16H2,1H3. The Hall–Kier alpha value is -3.24. The molecule has 3 aromatic carbocycles. The molecule has 1 N–H and O–H groups in total. The van der Waals surface area contributed by atoms with Crippen molar-refractivity contribution >= 4 is 23.2 Å². The van der Waals surface area contributed by atoms with E-state index in [1.54, 1.807) is 61.5 Å². The number of alkyl halides is 6. The number of hydrogen-bond acceptors (Lipinski definition) is 3. The molecule has 2 atom stereocenters. The van der Waals surface area contributed by atoms with Gasteiger partial charge in [-0.3, -0.25) is 4.79 Å². The number of ether oxygens (including phenoxy) is 1. The van der Waals surface area contributed by atoms with Crippen LogP contribution in [-0.2, 0) is 16.8 Å². The Bertz CT molecular complexity index is 1310. The van der Waals surface area contributed by atoms with E-state index in [4.69, 9.17) is 16.3 Å². The van der Waals surface area contributed by atoms with Gasteiger partial charge in [-0.05, 0) is 49.1 Å². The number of aryl methyl sites for hydroxylation is 1. The van der Waals surface area contributed by atoms with Crippen LogP contribution in [0.5, 0.6) is 5.75 Å². The normalized spacial score (nSPS) is 17.3. The molecule has 0 saturated heterocycles. The molecule has 0 spiro atoms. The number of hydrogen-bond donors (Lipinski definition) is 1. The molecule has 0 fully saturated rings. The molecular formula is C28H24ClF6NO3. The number of para-hydroxylation sites is 1. The maximum Gasteiger partial charge on any atom is 0.430 e. The van der Waals surface area contributed by atoms with Gasteiger partial charge in [-0.15, -0.1) is 0 Å². The number of aliphatic hydroxyl groups is 1. The van der Waals surface area contributed by atoms with E-state index in [2.05, 4.69) is 0 Å². The Kier molecular flexibility index (Phi) is 7.91. The van der Waals surface area contributed by atoms with E-state index in [1.807, 2.05) is 0 Å². The first-order valence-electron chi connectivity index (χ1n) is 12.0. The molecule has 0 aliphatic carbocycles. The van der Waals surface area contributed by atoms with Crippen LogP contribution in [0, 0.1) is 0 Å². The van der Waals surface area contributed by atoms with E-state index in [0.717, 1.165) is 6.07 Å². The average molecular weight is 572 g/mol. The molecule has 39 heavy (non-hydrogen) atoms. The second-order valence-corrected chi connectivity index (χ2v) is 9.75. The molecule has 11 heteroatoms. The van der Waals surface area contributed by atoms with Crippen LogP contribution in [0.4, 0.5) is 32.0 Å². The van der Waals surface area contributed by atoms with E-state index in [-0.39, 0.29) is 30.6 Å². The van der Waals surface area contributed by atoms with E-state index in [1.165, 1.54) is 4.90 Å². The zero-order valence-corrected chi connectivity index (χ0v) is 21.3. The predicted octanol–water partition coefficient (Wildman–Crippen LogP) is 7.18. The van der Waals surface area contributed by atoms with Crippen molar-refractivity contribution in [3.05, 3.63) is 94.5 Å². The number of carbonyl (C=O) groups is 1. The lowest BCUT2D eigenvalue weighted by Gasteiger charge is -2.34. The fourth-order valence-electron chi connectivity index (χ4n) is 4.61. The van der Waals surface area contributed by atoms with Crippen molar-refractivity contribution in [2.75, 3.05) is 11.4 Å². The van der Waals surface area contributed by atoms with Gasteiger partial charge in [0.25, 0.3) is 5.60 Å². The zero-order valence-electron chi connectivity index (χ0n) is 20.6. The highest BCUT2D eigenvalue weighted by Gasteiger charge is 2.71. The second-order valence-electron chi connectivity index (χ2n) is 9.34. The van der Waals surface area contributed by atoms with Crippen LogP contribution < -0.4 is 9.64 Å². The van der Waals surface area contributed by atoms with Gasteiger partial charge in [-0.1, -0.05) is 66.2 Å². The Morgan fingerprint density at radius 2 is 1.59 bits per heavy atom. The maximum atomic E-state index is 13.7. The number of rotatable bonds is 5. The van der Waals surface area contributed by atoms with Gasteiger partial charge in [-0.25, -0.2) is 0 Å². The topological polar surface area (TPSA) is 49.8 Å². The van der Waals surface area contributed by atoms with Crippen LogP contribution in [0.15, 0.2) is 72.8 Å². The van der Waals surface area contributed by atoms with E-state index in [0.29, 0.717) is 28.5 Å². The summed E-state index contributed by atoms with van der Waals surface area (Å²) in [6.07, 6.45) is -12.6. The summed E-state index contributed by atoms with van der Waals surface area (Å²) < 4.78 is 87.5. The minimum atomic E-state index is -6.03. The minimum Gasteiger partial charge on any atom is -0.487 e. The van der Waals surface area contributed by atoms with E-state index < -0.39 is 41.4 Å². The third-order valence-corrected chi connectivity index (χ3v) is 7.11. The average Bonchev–Trinajstić information content (AvgIpc) is 3.07. The summed E-state index contributed by atoms with van der Waals surface area (Å²) in [6, 6.07) is 17.6. The van der Waals surface area contributed by atoms with Crippen molar-refractivity contribution in [3.63, 3.8) is 0 Å². The Balaban J connectivity index is 1.78. The van der Waals surface area contributed by atoms with Gasteiger partial charge in [-0.2, -0.15) is 26.3 Å². The number of nitrogens with zero attached hydrogens (tertiary/aromatic N) is 1. The van der Waals surface area contributed by atoms with Crippen molar-refractivity contribution in [3.8, 4) is 5.75 Å². The van der Waals surface area contributed by atoms with Crippen LogP contribution in [0.25, 0.3) is 0 Å². The van der Waals surface area contributed by atoms with Crippen LogP contribution in [-0.4, -0.2) is 36.0 Å². The molecule has 0 aromatic heterocycles. The molecule has 0 saturated carbocycles. The van der Waals surface area contributed by atoms with Crippen LogP contribution in [0.3, 0.4) is 0 Å². The number of fused-ring (bicyclic) bond motifs is 1. The van der Waals surface area contributed by atoms with Gasteiger partial charge in [0.2, 0.25) is 5.91 Å². The molecule has 1 amide bonds. The monoisotopic (exact) mass is 571 g/mol. The van der Waals surface area contributed by atoms with Crippen molar-refractivity contribution in [1.82, 2.24) is 0 Å². The highest BCUT2D eigenvalue weighted by molar-refractivity contribution is 6.32. The minimum absolute atomic E-state index is 0.0203. The summed E-state index contributed by atoms with van der Waals surface area (Å²) in [4.78, 5) is 15.0. The van der Waals surface area contributed by atoms with Crippen LogP contribution >= 0.6 is 11.6 Å². The van der Waals surface area contributed by atoms with E-state index in [9.17, 15) is 36.2 Å². The van der Waals surface area contributed by atoms with Crippen LogP contribution in [0.1, 0.15) is 36.0 Å². The molecule has 1 heterocycles. The van der Waals surface area contributed by atoms with Gasteiger partial charge < -0.3 is 14.7 Å². The third kappa shape index (κ3) is 5.58. The smallest absolute Gasteiger partial charge is 0.430 e. The van der Waals surface area contributed by atoms with Crippen molar-refractivity contribution in [1.29, 1.82) is 0 Å². The highest BCUT2D eigenvalue weighted by atomic mass is 35.5. The van der Waals surface area contributed by atoms with E-state index >= 15 is 0 Å². The lowest BCUT2D eigenvalue weighted by molar-refractivity contribution is -0.376. The Labute approximate surface area is 225 Å². The largest absolute Gasteiger partial charge is 0.487 e. The molecule has 4 rings (SSSR count). The summed E-state index contributed by atoms with van der Waals surface area (Å²) in [5.41, 5.74) is -5.60. The summed E-state index contributed by atoms with van der Waals surface area (Å²) >= 11 is 6.21. The maximum absolute atomic E-state index is 13.7. The van der Waals surface area contributed by atoms with Crippen molar-refractivity contribution < 1.29 is 41.0 Å². The Morgan fingerprint density at radius 1 is 0.974 bits per heavy atom. The van der Waals surface area contributed by atoms with Crippen molar-refractivity contribution in [2.45, 2.75) is 49.7 Å². The molecule has 4 nitrogen and oxygen atoms in total. The summed E-state index contributed by atoms with van der Waals surface area (Å²) in [7, 11) is 0. The zero-order chi connectivity index (χ0) is 28.6. The van der Waals surface area contributed by atoms with Gasteiger partial charge in [0.05, 0.1) is 17.5 Å². The molecule has 0 bridgehead atoms. The number of halogens is 7. The third-order valence-electron chi connectivity index (χ3n) is 6.80. The first-order chi connectivity index (χ1) is 18.2. The molecule has 1 aliphatic heterocycles. The van der Waals surface area contributed by atoms with Gasteiger partial charge in [0.15, 0.2) is 0 Å². The first kappa shape index (κ1) is 28.8. The molecule has 208 valence electrons. The number of benzene rings is 3. The molecule has 1 aliphatic rings. The SMILES string of the molecule is CC(C(=O)N1CC(Oc2ccccc2Cl)CCc2cc(C(O)(C(F)(F)F)C(F)(F)F)ccc21)c1ccccc1. The first-order valence-corrected chi connectivity index (χ1v) is 12.4. The number of carbonyl (C=O) groups excluding carboxylic acids is 1. The van der Waals surface area contributed by atoms with Gasteiger partial charge in [0, 0.05) is 11.3 Å². The summed E-state index contributed by atoms with van der Waals surface area (Å²) in [6.45, 7) is 1.63. The molecule has 2 unspecified atom stereocenters. The van der Waals surface area contributed by atoms with Gasteiger partial charge >= 0.3 is 12.4 Å². The predicted molar refractivity (Wildman–Crippen MR) is 134 cm³/mol. The molecule has 0 radical (unpaired) electrons. The molecule has 3 aromatic rings. The summed E-state index contributed by atoms with van der Waals surface area (Å²) in [5, 5.41) is 10.3.